The molecule has 8 nitrogen and oxygen atoms in total. The maximum absolute atomic E-state index is 5.97. The van der Waals surface area contributed by atoms with E-state index in [0.717, 1.165) is 49.2 Å². The molecule has 0 radical (unpaired) electrons. The lowest BCUT2D eigenvalue weighted by Gasteiger charge is -2.33. The summed E-state index contributed by atoms with van der Waals surface area (Å²) in [5.41, 5.74) is 0. The molecule has 1 aliphatic rings. The standard InChI is InChI=1S/C19H28N6O2.HI/c1-14(27-17-6-4-5-16(11-17)26-3)12-21-19(20-2)25-9-7-15(8-10-25)18-22-13-23-24-18;/h4-6,11,13-15H,7-10,12H2,1-3H3,(H,20,21)(H,22,23,24);1H. The summed E-state index contributed by atoms with van der Waals surface area (Å²) in [6.07, 6.45) is 3.64. The Morgan fingerprint density at radius 1 is 1.36 bits per heavy atom. The zero-order valence-electron chi connectivity index (χ0n) is 16.6. The van der Waals surface area contributed by atoms with Crippen LogP contribution in [0.15, 0.2) is 35.6 Å². The smallest absolute Gasteiger partial charge is 0.193 e. The van der Waals surface area contributed by atoms with Crippen molar-refractivity contribution in [2.24, 2.45) is 4.99 Å². The van der Waals surface area contributed by atoms with E-state index in [1.165, 1.54) is 0 Å². The molecule has 2 aromatic rings. The van der Waals surface area contributed by atoms with Crippen LogP contribution in [0.2, 0.25) is 0 Å². The van der Waals surface area contributed by atoms with Crippen LogP contribution in [-0.2, 0) is 0 Å². The third kappa shape index (κ3) is 5.98. The van der Waals surface area contributed by atoms with Crippen molar-refractivity contribution >= 4 is 29.9 Å². The fourth-order valence-corrected chi connectivity index (χ4v) is 3.29. The normalized spacial score (nSPS) is 16.2. The molecule has 0 saturated carbocycles. The Morgan fingerprint density at radius 2 is 2.11 bits per heavy atom. The van der Waals surface area contributed by atoms with Crippen LogP contribution in [-0.4, -0.2) is 65.9 Å². The van der Waals surface area contributed by atoms with Crippen LogP contribution in [0.4, 0.5) is 0 Å². The van der Waals surface area contributed by atoms with Gasteiger partial charge in [-0.3, -0.25) is 10.1 Å². The van der Waals surface area contributed by atoms with Gasteiger partial charge in [-0.25, -0.2) is 4.98 Å². The zero-order valence-corrected chi connectivity index (χ0v) is 18.9. The molecule has 2 N–H and O–H groups in total. The van der Waals surface area contributed by atoms with Gasteiger partial charge in [-0.15, -0.1) is 24.0 Å². The van der Waals surface area contributed by atoms with E-state index in [0.29, 0.717) is 12.5 Å². The van der Waals surface area contributed by atoms with Gasteiger partial charge in [0.15, 0.2) is 5.96 Å². The molecule has 1 saturated heterocycles. The third-order valence-electron chi connectivity index (χ3n) is 4.75. The van der Waals surface area contributed by atoms with Crippen molar-refractivity contribution < 1.29 is 9.47 Å². The number of hydrogen-bond donors (Lipinski definition) is 2. The average Bonchev–Trinajstić information content (AvgIpc) is 3.24. The van der Waals surface area contributed by atoms with Gasteiger partial charge in [0, 0.05) is 32.1 Å². The molecule has 9 heteroatoms. The number of methoxy groups -OCH3 is 1. The van der Waals surface area contributed by atoms with Crippen molar-refractivity contribution in [1.29, 1.82) is 0 Å². The lowest BCUT2D eigenvalue weighted by atomic mass is 9.96. The van der Waals surface area contributed by atoms with Crippen molar-refractivity contribution in [3.8, 4) is 11.5 Å². The van der Waals surface area contributed by atoms with E-state index in [-0.39, 0.29) is 30.1 Å². The molecule has 0 bridgehead atoms. The average molecular weight is 500 g/mol. The first kappa shape index (κ1) is 22.3. The topological polar surface area (TPSA) is 87.7 Å². The number of piperidine rings is 1. The predicted octanol–water partition coefficient (Wildman–Crippen LogP) is 2.65. The lowest BCUT2D eigenvalue weighted by molar-refractivity contribution is 0.219. The van der Waals surface area contributed by atoms with E-state index < -0.39 is 0 Å². The maximum Gasteiger partial charge on any atom is 0.193 e. The Morgan fingerprint density at radius 3 is 2.75 bits per heavy atom. The van der Waals surface area contributed by atoms with Gasteiger partial charge in [-0.05, 0) is 31.9 Å². The summed E-state index contributed by atoms with van der Waals surface area (Å²) in [4.78, 5) is 11.0. The molecule has 1 aromatic heterocycles. The van der Waals surface area contributed by atoms with Crippen molar-refractivity contribution in [3.05, 3.63) is 36.4 Å². The van der Waals surface area contributed by atoms with E-state index in [1.807, 2.05) is 38.2 Å². The number of ether oxygens (including phenoxy) is 2. The van der Waals surface area contributed by atoms with Gasteiger partial charge in [0.1, 0.15) is 29.8 Å². The summed E-state index contributed by atoms with van der Waals surface area (Å²) < 4.78 is 11.2. The Labute approximate surface area is 183 Å². The fourth-order valence-electron chi connectivity index (χ4n) is 3.29. The van der Waals surface area contributed by atoms with Crippen LogP contribution >= 0.6 is 24.0 Å². The number of nitrogens with one attached hydrogen (secondary N) is 2. The SMILES string of the molecule is CN=C(NCC(C)Oc1cccc(OC)c1)N1CCC(c2ncn[nH]2)CC1.I. The van der Waals surface area contributed by atoms with Crippen molar-refractivity contribution in [1.82, 2.24) is 25.4 Å². The number of hydrogen-bond acceptors (Lipinski definition) is 5. The van der Waals surface area contributed by atoms with Crippen LogP contribution < -0.4 is 14.8 Å². The second-order valence-corrected chi connectivity index (χ2v) is 6.67. The van der Waals surface area contributed by atoms with E-state index in [2.05, 4.69) is 30.4 Å². The summed E-state index contributed by atoms with van der Waals surface area (Å²) in [5, 5.41) is 10.4. The number of likely N-dealkylation sites (tertiary alicyclic amines) is 1. The number of H-pyrrole nitrogens is 1. The van der Waals surface area contributed by atoms with Gasteiger partial charge in [0.25, 0.3) is 0 Å². The Bertz CT molecular complexity index is 732. The Kier molecular flexibility index (Phi) is 8.81. The minimum atomic E-state index is 0. The molecule has 0 amide bonds. The molecule has 1 atom stereocenters. The number of aliphatic imine (C=N–C) groups is 1. The monoisotopic (exact) mass is 500 g/mol. The van der Waals surface area contributed by atoms with E-state index >= 15 is 0 Å². The van der Waals surface area contributed by atoms with Gasteiger partial charge in [-0.1, -0.05) is 6.07 Å². The highest BCUT2D eigenvalue weighted by molar-refractivity contribution is 14.0. The van der Waals surface area contributed by atoms with Gasteiger partial charge in [-0.2, -0.15) is 5.10 Å². The van der Waals surface area contributed by atoms with Gasteiger partial charge >= 0.3 is 0 Å². The number of halogens is 1. The van der Waals surface area contributed by atoms with Crippen LogP contribution in [0.3, 0.4) is 0 Å². The second-order valence-electron chi connectivity index (χ2n) is 6.67. The van der Waals surface area contributed by atoms with Crippen LogP contribution in [0.5, 0.6) is 11.5 Å². The molecule has 1 aliphatic heterocycles. The van der Waals surface area contributed by atoms with E-state index in [9.17, 15) is 0 Å². The van der Waals surface area contributed by atoms with Crippen molar-refractivity contribution in [3.63, 3.8) is 0 Å². The summed E-state index contributed by atoms with van der Waals surface area (Å²) >= 11 is 0. The fraction of sp³-hybridized carbons (Fsp3) is 0.526. The third-order valence-corrected chi connectivity index (χ3v) is 4.75. The molecule has 2 heterocycles. The highest BCUT2D eigenvalue weighted by atomic mass is 127. The second kappa shape index (κ2) is 11.1. The molecular formula is C19H29IN6O2. The number of aromatic nitrogens is 3. The minimum Gasteiger partial charge on any atom is -0.497 e. The molecule has 28 heavy (non-hydrogen) atoms. The first-order valence-corrected chi connectivity index (χ1v) is 9.31. The van der Waals surface area contributed by atoms with Crippen molar-refractivity contribution in [2.75, 3.05) is 33.8 Å². The molecule has 0 aliphatic carbocycles. The summed E-state index contributed by atoms with van der Waals surface area (Å²) in [6, 6.07) is 7.65. The first-order valence-electron chi connectivity index (χ1n) is 9.31. The number of rotatable bonds is 6. The number of nitrogens with zero attached hydrogens (tertiary/aromatic N) is 4. The maximum atomic E-state index is 5.97. The molecule has 1 aromatic carbocycles. The van der Waals surface area contributed by atoms with Crippen LogP contribution in [0.1, 0.15) is 31.5 Å². The minimum absolute atomic E-state index is 0. The largest absolute Gasteiger partial charge is 0.497 e. The summed E-state index contributed by atoms with van der Waals surface area (Å²) in [7, 11) is 3.47. The quantitative estimate of drug-likeness (QED) is 0.361. The van der Waals surface area contributed by atoms with Crippen LogP contribution in [0, 0.1) is 0 Å². The molecule has 1 unspecified atom stereocenters. The van der Waals surface area contributed by atoms with Crippen LogP contribution in [0.25, 0.3) is 0 Å². The van der Waals surface area contributed by atoms with Gasteiger partial charge in [0.2, 0.25) is 0 Å². The number of benzene rings is 1. The molecule has 0 spiro atoms. The lowest BCUT2D eigenvalue weighted by Crippen LogP contribution is -2.47. The highest BCUT2D eigenvalue weighted by Crippen LogP contribution is 2.25. The Hall–Kier alpha value is -2.04. The Balaban J connectivity index is 0.00000280. The number of guanidine groups is 1. The zero-order chi connectivity index (χ0) is 19.1. The molecule has 1 fully saturated rings. The van der Waals surface area contributed by atoms with E-state index in [1.54, 1.807) is 13.4 Å². The van der Waals surface area contributed by atoms with E-state index in [4.69, 9.17) is 9.47 Å². The van der Waals surface area contributed by atoms with Gasteiger partial charge in [0.05, 0.1) is 13.7 Å². The summed E-state index contributed by atoms with van der Waals surface area (Å²) in [6.45, 7) is 4.59. The molecule has 3 rings (SSSR count). The first-order chi connectivity index (χ1) is 13.2. The van der Waals surface area contributed by atoms with Gasteiger partial charge < -0.3 is 19.7 Å². The molecule has 154 valence electrons. The predicted molar refractivity (Wildman–Crippen MR) is 120 cm³/mol. The van der Waals surface area contributed by atoms with Crippen molar-refractivity contribution in [2.45, 2.75) is 31.8 Å². The summed E-state index contributed by atoms with van der Waals surface area (Å²) in [5.74, 6) is 3.92. The highest BCUT2D eigenvalue weighted by Gasteiger charge is 2.24. The number of aromatic amines is 1. The molecular weight excluding hydrogens is 471 g/mol.